The van der Waals surface area contributed by atoms with Crippen molar-refractivity contribution in [2.75, 3.05) is 7.05 Å². The van der Waals surface area contributed by atoms with Gasteiger partial charge in [0.1, 0.15) is 11.9 Å². The van der Waals surface area contributed by atoms with Gasteiger partial charge in [0.25, 0.3) is 0 Å². The van der Waals surface area contributed by atoms with Crippen LogP contribution in [-0.4, -0.2) is 19.2 Å². The molecule has 2 aliphatic carbocycles. The Morgan fingerprint density at radius 2 is 2.05 bits per heavy atom. The molecule has 2 aliphatic rings. The summed E-state index contributed by atoms with van der Waals surface area (Å²) in [6.45, 7) is 0. The van der Waals surface area contributed by atoms with Gasteiger partial charge in [-0.05, 0) is 38.1 Å². The maximum atomic E-state index is 6.29. The van der Waals surface area contributed by atoms with Gasteiger partial charge in [0, 0.05) is 22.4 Å². The van der Waals surface area contributed by atoms with Gasteiger partial charge in [0.2, 0.25) is 0 Å². The van der Waals surface area contributed by atoms with Crippen molar-refractivity contribution in [1.82, 2.24) is 5.32 Å². The quantitative estimate of drug-likeness (QED) is 0.902. The average Bonchev–Trinajstić information content (AvgIpc) is 2.44. The van der Waals surface area contributed by atoms with E-state index < -0.39 is 0 Å². The van der Waals surface area contributed by atoms with Crippen LogP contribution in [0.15, 0.2) is 28.7 Å². The minimum absolute atomic E-state index is 0.384. The van der Waals surface area contributed by atoms with Crippen LogP contribution in [0.3, 0.4) is 0 Å². The molecular formula is C16H22BrNO. The molecule has 2 atom stereocenters. The normalized spacial score (nSPS) is 28.9. The first-order valence-corrected chi connectivity index (χ1v) is 8.13. The van der Waals surface area contributed by atoms with Gasteiger partial charge in [-0.15, -0.1) is 0 Å². The molecule has 1 N–H and O–H groups in total. The Kier molecular flexibility index (Phi) is 3.86. The molecule has 19 heavy (non-hydrogen) atoms. The van der Waals surface area contributed by atoms with Gasteiger partial charge in [0.05, 0.1) is 0 Å². The molecule has 1 aromatic rings. The van der Waals surface area contributed by atoms with Crippen LogP contribution in [0, 0.1) is 5.41 Å². The summed E-state index contributed by atoms with van der Waals surface area (Å²) in [6.07, 6.45) is 8.27. The van der Waals surface area contributed by atoms with Crippen LogP contribution in [0.25, 0.3) is 0 Å². The van der Waals surface area contributed by atoms with Gasteiger partial charge < -0.3 is 10.1 Å². The highest BCUT2D eigenvalue weighted by Crippen LogP contribution is 2.53. The molecule has 2 unspecified atom stereocenters. The van der Waals surface area contributed by atoms with Gasteiger partial charge >= 0.3 is 0 Å². The third kappa shape index (κ3) is 2.43. The van der Waals surface area contributed by atoms with Crippen LogP contribution in [0.4, 0.5) is 0 Å². The van der Waals surface area contributed by atoms with Crippen molar-refractivity contribution >= 4 is 15.9 Å². The molecule has 0 aromatic heterocycles. The highest BCUT2D eigenvalue weighted by molar-refractivity contribution is 9.10. The molecule has 3 heteroatoms. The number of nitrogens with one attached hydrogen (secondary N) is 1. The zero-order valence-electron chi connectivity index (χ0n) is 11.5. The number of ether oxygens (including phenoxy) is 1. The summed E-state index contributed by atoms with van der Waals surface area (Å²) in [5.74, 6) is 0.999. The summed E-state index contributed by atoms with van der Waals surface area (Å²) in [7, 11) is 2.09. The molecule has 104 valence electrons. The fourth-order valence-corrected chi connectivity index (χ4v) is 4.28. The third-order valence-electron chi connectivity index (χ3n) is 4.99. The van der Waals surface area contributed by atoms with Crippen molar-refractivity contribution < 1.29 is 4.74 Å². The Morgan fingerprint density at radius 1 is 1.26 bits per heavy atom. The van der Waals surface area contributed by atoms with Crippen molar-refractivity contribution in [2.45, 2.75) is 50.7 Å². The molecule has 3 rings (SSSR count). The Morgan fingerprint density at radius 3 is 2.74 bits per heavy atom. The van der Waals surface area contributed by atoms with Crippen molar-refractivity contribution in [1.29, 1.82) is 0 Å². The molecule has 2 fully saturated rings. The summed E-state index contributed by atoms with van der Waals surface area (Å²) < 4.78 is 7.38. The molecule has 0 amide bonds. The molecule has 0 aliphatic heterocycles. The number of hydrogen-bond acceptors (Lipinski definition) is 2. The molecule has 0 radical (unpaired) electrons. The van der Waals surface area contributed by atoms with E-state index in [1.807, 2.05) is 12.1 Å². The monoisotopic (exact) mass is 323 g/mol. The second-order valence-corrected chi connectivity index (χ2v) is 6.85. The first kappa shape index (κ1) is 13.4. The third-order valence-corrected chi connectivity index (χ3v) is 5.49. The van der Waals surface area contributed by atoms with Crippen molar-refractivity contribution in [3.8, 4) is 5.75 Å². The van der Waals surface area contributed by atoms with E-state index >= 15 is 0 Å². The first-order chi connectivity index (χ1) is 9.24. The Balaban J connectivity index is 1.74. The predicted molar refractivity (Wildman–Crippen MR) is 81.5 cm³/mol. The summed E-state index contributed by atoms with van der Waals surface area (Å²) >= 11 is 3.51. The lowest BCUT2D eigenvalue weighted by Crippen LogP contribution is -2.64. The van der Waals surface area contributed by atoms with Gasteiger partial charge in [-0.3, -0.25) is 0 Å². The van der Waals surface area contributed by atoms with E-state index in [1.54, 1.807) is 0 Å². The number of hydrogen-bond donors (Lipinski definition) is 1. The van der Waals surface area contributed by atoms with E-state index in [-0.39, 0.29) is 0 Å². The van der Waals surface area contributed by atoms with Crippen LogP contribution in [0.1, 0.15) is 38.5 Å². The predicted octanol–water partition coefficient (Wildman–Crippen LogP) is 4.14. The molecule has 0 heterocycles. The van der Waals surface area contributed by atoms with Crippen molar-refractivity contribution in [3.05, 3.63) is 28.7 Å². The smallest absolute Gasteiger partial charge is 0.120 e. The van der Waals surface area contributed by atoms with Gasteiger partial charge in [0.15, 0.2) is 0 Å². The topological polar surface area (TPSA) is 21.3 Å². The Bertz CT molecular complexity index is 442. The van der Waals surface area contributed by atoms with Crippen molar-refractivity contribution in [2.24, 2.45) is 5.41 Å². The fraction of sp³-hybridized carbons (Fsp3) is 0.625. The van der Waals surface area contributed by atoms with Crippen LogP contribution in [0.2, 0.25) is 0 Å². The van der Waals surface area contributed by atoms with E-state index in [2.05, 4.69) is 40.4 Å². The number of benzene rings is 1. The fourth-order valence-electron chi connectivity index (χ4n) is 3.90. The summed E-state index contributed by atoms with van der Waals surface area (Å²) in [4.78, 5) is 0. The van der Waals surface area contributed by atoms with Gasteiger partial charge in [-0.25, -0.2) is 0 Å². The number of rotatable bonds is 3. The summed E-state index contributed by atoms with van der Waals surface area (Å²) in [5.41, 5.74) is 0.384. The maximum absolute atomic E-state index is 6.29. The molecule has 1 aromatic carbocycles. The average molecular weight is 324 g/mol. The van der Waals surface area contributed by atoms with Crippen LogP contribution in [-0.2, 0) is 0 Å². The minimum atomic E-state index is 0.384. The summed E-state index contributed by atoms with van der Waals surface area (Å²) in [5, 5.41) is 3.50. The SMILES string of the molecule is CNC1CC(Oc2cccc(Br)c2)C12CCCCC2. The van der Waals surface area contributed by atoms with E-state index in [9.17, 15) is 0 Å². The second-order valence-electron chi connectivity index (χ2n) is 5.93. The van der Waals surface area contributed by atoms with E-state index in [1.165, 1.54) is 32.1 Å². The number of halogens is 1. The second kappa shape index (κ2) is 5.45. The molecule has 0 saturated heterocycles. The molecule has 1 spiro atoms. The lowest BCUT2D eigenvalue weighted by molar-refractivity contribution is -0.100. The minimum Gasteiger partial charge on any atom is -0.490 e. The molecule has 2 nitrogen and oxygen atoms in total. The van der Waals surface area contributed by atoms with Crippen molar-refractivity contribution in [3.63, 3.8) is 0 Å². The van der Waals surface area contributed by atoms with E-state index in [0.717, 1.165) is 16.6 Å². The van der Waals surface area contributed by atoms with Gasteiger partial charge in [-0.2, -0.15) is 0 Å². The van der Waals surface area contributed by atoms with E-state index in [0.29, 0.717) is 17.6 Å². The summed E-state index contributed by atoms with van der Waals surface area (Å²) in [6, 6.07) is 8.86. The molecule has 2 saturated carbocycles. The highest BCUT2D eigenvalue weighted by Gasteiger charge is 2.55. The lowest BCUT2D eigenvalue weighted by Gasteiger charge is -2.57. The zero-order valence-corrected chi connectivity index (χ0v) is 13.1. The van der Waals surface area contributed by atoms with Crippen LogP contribution in [0.5, 0.6) is 5.75 Å². The standard InChI is InChI=1S/C16H22BrNO/c1-18-14-11-15(16(14)8-3-2-4-9-16)19-13-7-5-6-12(17)10-13/h5-7,10,14-15,18H,2-4,8-9,11H2,1H3. The zero-order chi connectivity index (χ0) is 13.3. The van der Waals surface area contributed by atoms with Gasteiger partial charge in [-0.1, -0.05) is 41.3 Å². The largest absolute Gasteiger partial charge is 0.490 e. The lowest BCUT2D eigenvalue weighted by atomic mass is 9.55. The Hall–Kier alpha value is -0.540. The maximum Gasteiger partial charge on any atom is 0.120 e. The first-order valence-electron chi connectivity index (χ1n) is 7.34. The van der Waals surface area contributed by atoms with Crippen LogP contribution >= 0.6 is 15.9 Å². The molecule has 0 bridgehead atoms. The van der Waals surface area contributed by atoms with Crippen LogP contribution < -0.4 is 10.1 Å². The molecular weight excluding hydrogens is 302 g/mol. The Labute approximate surface area is 124 Å². The highest BCUT2D eigenvalue weighted by atomic mass is 79.9. The van der Waals surface area contributed by atoms with E-state index in [4.69, 9.17) is 4.74 Å².